The summed E-state index contributed by atoms with van der Waals surface area (Å²) < 4.78 is 0. The van der Waals surface area contributed by atoms with Crippen LogP contribution < -0.4 is 0 Å². The standard InChI is InChI=1S/C23H23ClS/c1-18-9-8-10-19(17-18)20-11-2-3-12-21(20)22-13-4-5-14-23(22)25-16-7-6-15-24/h2-5,8-14,17H,6-7,15-16H2,1H3. The van der Waals surface area contributed by atoms with E-state index >= 15 is 0 Å². The molecular weight excluding hydrogens is 344 g/mol. The number of rotatable bonds is 7. The molecule has 128 valence electrons. The molecule has 0 spiro atoms. The van der Waals surface area contributed by atoms with Crippen LogP contribution >= 0.6 is 23.4 Å². The normalized spacial score (nSPS) is 10.8. The quantitative estimate of drug-likeness (QED) is 0.238. The van der Waals surface area contributed by atoms with E-state index in [1.807, 2.05) is 11.8 Å². The summed E-state index contributed by atoms with van der Waals surface area (Å²) in [5, 5.41) is 0. The van der Waals surface area contributed by atoms with Gasteiger partial charge in [-0.15, -0.1) is 23.4 Å². The Morgan fingerprint density at radius 3 is 2.24 bits per heavy atom. The van der Waals surface area contributed by atoms with Crippen LogP contribution in [0.3, 0.4) is 0 Å². The molecule has 0 heterocycles. The molecular formula is C23H23ClS. The first-order valence-corrected chi connectivity index (χ1v) is 10.3. The Morgan fingerprint density at radius 2 is 1.48 bits per heavy atom. The Morgan fingerprint density at radius 1 is 0.760 bits per heavy atom. The highest BCUT2D eigenvalue weighted by Gasteiger charge is 2.11. The Kier molecular flexibility index (Phi) is 6.61. The third kappa shape index (κ3) is 4.68. The van der Waals surface area contributed by atoms with Crippen molar-refractivity contribution in [1.29, 1.82) is 0 Å². The average Bonchev–Trinajstić information content (AvgIpc) is 2.66. The van der Waals surface area contributed by atoms with Crippen molar-refractivity contribution in [1.82, 2.24) is 0 Å². The minimum atomic E-state index is 0.748. The number of aryl methyl sites for hydroxylation is 1. The second-order valence-corrected chi connectivity index (χ2v) is 7.67. The molecule has 0 amide bonds. The zero-order chi connectivity index (χ0) is 17.5. The number of halogens is 1. The average molecular weight is 367 g/mol. The van der Waals surface area contributed by atoms with Crippen molar-refractivity contribution < 1.29 is 0 Å². The fraction of sp³-hybridized carbons (Fsp3) is 0.217. The first kappa shape index (κ1) is 18.1. The van der Waals surface area contributed by atoms with Gasteiger partial charge in [-0.05, 0) is 53.8 Å². The summed E-state index contributed by atoms with van der Waals surface area (Å²) in [6.45, 7) is 2.15. The number of benzene rings is 3. The van der Waals surface area contributed by atoms with Gasteiger partial charge in [0.15, 0.2) is 0 Å². The lowest BCUT2D eigenvalue weighted by molar-refractivity contribution is 0.903. The molecule has 0 fully saturated rings. The lowest BCUT2D eigenvalue weighted by Gasteiger charge is -2.14. The van der Waals surface area contributed by atoms with Crippen LogP contribution in [0.15, 0.2) is 77.7 Å². The number of hydrogen-bond acceptors (Lipinski definition) is 1. The molecule has 0 saturated carbocycles. The molecule has 0 aromatic heterocycles. The van der Waals surface area contributed by atoms with Crippen molar-refractivity contribution in [2.45, 2.75) is 24.7 Å². The van der Waals surface area contributed by atoms with Gasteiger partial charge in [-0.25, -0.2) is 0 Å². The smallest absolute Gasteiger partial charge is 0.0223 e. The maximum Gasteiger partial charge on any atom is 0.0223 e. The molecule has 0 aliphatic rings. The largest absolute Gasteiger partial charge is 0.127 e. The predicted octanol–water partition coefficient (Wildman–Crippen LogP) is 7.44. The maximum absolute atomic E-state index is 5.80. The molecule has 3 aromatic carbocycles. The summed E-state index contributed by atoms with van der Waals surface area (Å²) in [5.41, 5.74) is 6.47. The number of unbranched alkanes of at least 4 members (excludes halogenated alkanes) is 1. The van der Waals surface area contributed by atoms with Gasteiger partial charge in [-0.2, -0.15) is 0 Å². The monoisotopic (exact) mass is 366 g/mol. The van der Waals surface area contributed by atoms with Crippen LogP contribution in [0, 0.1) is 6.92 Å². The Bertz CT molecular complexity index is 826. The van der Waals surface area contributed by atoms with E-state index in [2.05, 4.69) is 79.7 Å². The van der Waals surface area contributed by atoms with E-state index in [-0.39, 0.29) is 0 Å². The highest BCUT2D eigenvalue weighted by molar-refractivity contribution is 7.99. The van der Waals surface area contributed by atoms with Gasteiger partial charge in [0.05, 0.1) is 0 Å². The summed E-state index contributed by atoms with van der Waals surface area (Å²) in [6.07, 6.45) is 2.23. The highest BCUT2D eigenvalue weighted by atomic mass is 35.5. The summed E-state index contributed by atoms with van der Waals surface area (Å²) in [4.78, 5) is 1.34. The van der Waals surface area contributed by atoms with Gasteiger partial charge in [-0.3, -0.25) is 0 Å². The minimum Gasteiger partial charge on any atom is -0.127 e. The molecule has 3 rings (SSSR count). The van der Waals surface area contributed by atoms with Crippen molar-refractivity contribution in [3.8, 4) is 22.3 Å². The second kappa shape index (κ2) is 9.12. The third-order valence-electron chi connectivity index (χ3n) is 4.22. The fourth-order valence-electron chi connectivity index (χ4n) is 2.98. The van der Waals surface area contributed by atoms with Crippen LogP contribution in [-0.2, 0) is 0 Å². The molecule has 0 unspecified atom stereocenters. The van der Waals surface area contributed by atoms with E-state index < -0.39 is 0 Å². The Labute approximate surface area is 160 Å². The minimum absolute atomic E-state index is 0.748. The van der Waals surface area contributed by atoms with Gasteiger partial charge in [0.1, 0.15) is 0 Å². The van der Waals surface area contributed by atoms with E-state index in [0.717, 1.165) is 24.5 Å². The van der Waals surface area contributed by atoms with Gasteiger partial charge in [-0.1, -0.05) is 72.3 Å². The molecule has 25 heavy (non-hydrogen) atoms. The summed E-state index contributed by atoms with van der Waals surface area (Å²) >= 11 is 7.73. The first-order chi connectivity index (χ1) is 12.3. The summed E-state index contributed by atoms with van der Waals surface area (Å²) in [7, 11) is 0. The van der Waals surface area contributed by atoms with Crippen LogP contribution in [0.4, 0.5) is 0 Å². The highest BCUT2D eigenvalue weighted by Crippen LogP contribution is 2.38. The molecule has 0 nitrogen and oxygen atoms in total. The Balaban J connectivity index is 1.98. The molecule has 0 N–H and O–H groups in total. The van der Waals surface area contributed by atoms with Crippen molar-refractivity contribution in [3.05, 3.63) is 78.4 Å². The van der Waals surface area contributed by atoms with Gasteiger partial charge >= 0.3 is 0 Å². The molecule has 0 radical (unpaired) electrons. The van der Waals surface area contributed by atoms with Crippen molar-refractivity contribution in [2.75, 3.05) is 11.6 Å². The van der Waals surface area contributed by atoms with Crippen molar-refractivity contribution in [3.63, 3.8) is 0 Å². The summed E-state index contributed by atoms with van der Waals surface area (Å²) in [6, 6.07) is 26.2. The van der Waals surface area contributed by atoms with Gasteiger partial charge in [0.25, 0.3) is 0 Å². The molecule has 3 aromatic rings. The number of alkyl halides is 1. The zero-order valence-corrected chi connectivity index (χ0v) is 16.1. The maximum atomic E-state index is 5.80. The van der Waals surface area contributed by atoms with E-state index in [9.17, 15) is 0 Å². The molecule has 0 saturated heterocycles. The topological polar surface area (TPSA) is 0 Å². The summed E-state index contributed by atoms with van der Waals surface area (Å²) in [5.74, 6) is 1.86. The van der Waals surface area contributed by atoms with Crippen molar-refractivity contribution in [2.24, 2.45) is 0 Å². The first-order valence-electron chi connectivity index (χ1n) is 8.74. The van der Waals surface area contributed by atoms with Crippen LogP contribution in [0.25, 0.3) is 22.3 Å². The van der Waals surface area contributed by atoms with E-state index in [1.165, 1.54) is 32.7 Å². The molecule has 2 heteroatoms. The lowest BCUT2D eigenvalue weighted by Crippen LogP contribution is -1.89. The van der Waals surface area contributed by atoms with Gasteiger partial charge in [0.2, 0.25) is 0 Å². The van der Waals surface area contributed by atoms with Crippen LogP contribution in [0.1, 0.15) is 18.4 Å². The van der Waals surface area contributed by atoms with Crippen LogP contribution in [0.2, 0.25) is 0 Å². The predicted molar refractivity (Wildman–Crippen MR) is 113 cm³/mol. The van der Waals surface area contributed by atoms with E-state index in [0.29, 0.717) is 0 Å². The molecule has 0 aliphatic carbocycles. The van der Waals surface area contributed by atoms with Crippen LogP contribution in [-0.4, -0.2) is 11.6 Å². The number of thioether (sulfide) groups is 1. The van der Waals surface area contributed by atoms with Crippen molar-refractivity contribution >= 4 is 23.4 Å². The lowest BCUT2D eigenvalue weighted by atomic mass is 9.94. The fourth-order valence-corrected chi connectivity index (χ4v) is 4.24. The Hall–Kier alpha value is -1.70. The molecule has 0 atom stereocenters. The molecule has 0 aliphatic heterocycles. The second-order valence-electron chi connectivity index (χ2n) is 6.16. The third-order valence-corrected chi connectivity index (χ3v) is 5.65. The van der Waals surface area contributed by atoms with Crippen LogP contribution in [0.5, 0.6) is 0 Å². The van der Waals surface area contributed by atoms with Gasteiger partial charge < -0.3 is 0 Å². The van der Waals surface area contributed by atoms with Gasteiger partial charge in [0, 0.05) is 10.8 Å². The zero-order valence-electron chi connectivity index (χ0n) is 14.5. The number of hydrogen-bond donors (Lipinski definition) is 0. The van der Waals surface area contributed by atoms with E-state index in [1.54, 1.807) is 0 Å². The molecule has 0 bridgehead atoms. The SMILES string of the molecule is Cc1cccc(-c2ccccc2-c2ccccc2SCCCCCl)c1. The van der Waals surface area contributed by atoms with E-state index in [4.69, 9.17) is 11.6 Å².